The standard InChI is InChI=1S/C10H13FN2O4S/c1-3-17-10(14)12-7-4-5-8(11)9(6-7)13-18(2,15)16/h4-6,13H,3H2,1-2H3,(H,12,14). The van der Waals surface area contributed by atoms with E-state index in [4.69, 9.17) is 0 Å². The second-order valence-electron chi connectivity index (χ2n) is 3.41. The first-order valence-electron chi connectivity index (χ1n) is 5.03. The maximum Gasteiger partial charge on any atom is 0.411 e. The van der Waals surface area contributed by atoms with Gasteiger partial charge in [0, 0.05) is 5.69 Å². The summed E-state index contributed by atoms with van der Waals surface area (Å²) >= 11 is 0. The molecule has 6 nitrogen and oxygen atoms in total. The predicted octanol–water partition coefficient (Wildman–Crippen LogP) is 1.77. The van der Waals surface area contributed by atoms with Gasteiger partial charge < -0.3 is 4.74 Å². The van der Waals surface area contributed by atoms with Crippen molar-refractivity contribution in [3.05, 3.63) is 24.0 Å². The van der Waals surface area contributed by atoms with Gasteiger partial charge in [0.1, 0.15) is 5.82 Å². The van der Waals surface area contributed by atoms with Crippen LogP contribution >= 0.6 is 0 Å². The van der Waals surface area contributed by atoms with Crippen molar-refractivity contribution in [3.63, 3.8) is 0 Å². The van der Waals surface area contributed by atoms with Crippen molar-refractivity contribution < 1.29 is 22.3 Å². The summed E-state index contributed by atoms with van der Waals surface area (Å²) in [6.07, 6.45) is 0.201. The number of benzene rings is 1. The monoisotopic (exact) mass is 276 g/mol. The lowest BCUT2D eigenvalue weighted by Crippen LogP contribution is -2.14. The normalized spacial score (nSPS) is 10.8. The van der Waals surface area contributed by atoms with Crippen LogP contribution < -0.4 is 10.0 Å². The van der Waals surface area contributed by atoms with E-state index in [1.165, 1.54) is 6.07 Å². The topological polar surface area (TPSA) is 84.5 Å². The van der Waals surface area contributed by atoms with Crippen LogP contribution in [0.5, 0.6) is 0 Å². The number of hydrogen-bond donors (Lipinski definition) is 2. The summed E-state index contributed by atoms with van der Waals surface area (Å²) in [5.41, 5.74) is -0.0206. The molecule has 0 saturated heterocycles. The molecule has 0 aliphatic carbocycles. The van der Waals surface area contributed by atoms with E-state index in [1.54, 1.807) is 6.92 Å². The van der Waals surface area contributed by atoms with Gasteiger partial charge >= 0.3 is 6.09 Å². The van der Waals surface area contributed by atoms with Gasteiger partial charge in [-0.15, -0.1) is 0 Å². The van der Waals surface area contributed by atoms with Crippen LogP contribution in [0.1, 0.15) is 6.92 Å². The van der Waals surface area contributed by atoms with Crippen molar-refractivity contribution in [1.82, 2.24) is 0 Å². The molecule has 18 heavy (non-hydrogen) atoms. The fraction of sp³-hybridized carbons (Fsp3) is 0.300. The van der Waals surface area contributed by atoms with E-state index in [0.717, 1.165) is 18.4 Å². The number of hydrogen-bond acceptors (Lipinski definition) is 4. The molecule has 1 rings (SSSR count). The molecule has 1 aromatic rings. The van der Waals surface area contributed by atoms with Gasteiger partial charge in [-0.2, -0.15) is 0 Å². The van der Waals surface area contributed by atoms with Gasteiger partial charge in [-0.1, -0.05) is 0 Å². The van der Waals surface area contributed by atoms with Crippen molar-refractivity contribution >= 4 is 27.5 Å². The summed E-state index contributed by atoms with van der Waals surface area (Å²) in [6, 6.07) is 3.49. The van der Waals surface area contributed by atoms with Crippen LogP contribution in [0, 0.1) is 5.82 Å². The van der Waals surface area contributed by atoms with E-state index in [1.807, 2.05) is 4.72 Å². The number of anilines is 2. The van der Waals surface area contributed by atoms with Crippen LogP contribution in [0.25, 0.3) is 0 Å². The Morgan fingerprint density at radius 2 is 2.11 bits per heavy atom. The molecule has 0 aromatic heterocycles. The van der Waals surface area contributed by atoms with Crippen LogP contribution in [0.3, 0.4) is 0 Å². The van der Waals surface area contributed by atoms with Crippen LogP contribution in [0.4, 0.5) is 20.6 Å². The summed E-state index contributed by atoms with van der Waals surface area (Å²) < 4.78 is 41.9. The molecule has 0 spiro atoms. The van der Waals surface area contributed by atoms with Crippen molar-refractivity contribution in [2.45, 2.75) is 6.92 Å². The van der Waals surface area contributed by atoms with Crippen molar-refractivity contribution in [3.8, 4) is 0 Å². The zero-order valence-electron chi connectivity index (χ0n) is 9.86. The lowest BCUT2D eigenvalue weighted by atomic mass is 10.3. The SMILES string of the molecule is CCOC(=O)Nc1ccc(F)c(NS(C)(=O)=O)c1. The van der Waals surface area contributed by atoms with E-state index in [0.29, 0.717) is 0 Å². The molecule has 0 aliphatic heterocycles. The molecule has 0 unspecified atom stereocenters. The Labute approximate surface area is 104 Å². The largest absolute Gasteiger partial charge is 0.450 e. The predicted molar refractivity (Wildman–Crippen MR) is 65.5 cm³/mol. The fourth-order valence-electron chi connectivity index (χ4n) is 1.17. The molecule has 0 heterocycles. The highest BCUT2D eigenvalue weighted by atomic mass is 32.2. The van der Waals surface area contributed by atoms with Gasteiger partial charge in [0.15, 0.2) is 0 Å². The first-order chi connectivity index (χ1) is 8.31. The molecule has 1 amide bonds. The third-order valence-corrected chi connectivity index (χ3v) is 2.37. The zero-order valence-corrected chi connectivity index (χ0v) is 10.7. The average molecular weight is 276 g/mol. The third-order valence-electron chi connectivity index (χ3n) is 1.78. The number of carbonyl (C=O) groups excluding carboxylic acids is 1. The van der Waals surface area contributed by atoms with Crippen LogP contribution in [0.2, 0.25) is 0 Å². The molecule has 2 N–H and O–H groups in total. The highest BCUT2D eigenvalue weighted by molar-refractivity contribution is 7.92. The zero-order chi connectivity index (χ0) is 13.8. The molecule has 0 radical (unpaired) electrons. The first kappa shape index (κ1) is 14.2. The second kappa shape index (κ2) is 5.67. The number of ether oxygens (including phenoxy) is 1. The average Bonchev–Trinajstić information content (AvgIpc) is 2.21. The fourth-order valence-corrected chi connectivity index (χ4v) is 1.72. The Hall–Kier alpha value is -1.83. The van der Waals surface area contributed by atoms with Crippen LogP contribution in [-0.4, -0.2) is 27.4 Å². The van der Waals surface area contributed by atoms with Gasteiger partial charge in [0.05, 0.1) is 18.6 Å². The lowest BCUT2D eigenvalue weighted by Gasteiger charge is -2.09. The Morgan fingerprint density at radius 1 is 1.44 bits per heavy atom. The number of amides is 1. The minimum atomic E-state index is -3.59. The third kappa shape index (κ3) is 4.58. The summed E-state index contributed by atoms with van der Waals surface area (Å²) in [5, 5.41) is 2.33. The van der Waals surface area contributed by atoms with E-state index < -0.39 is 21.9 Å². The molecule has 0 bridgehead atoms. The van der Waals surface area contributed by atoms with E-state index in [9.17, 15) is 17.6 Å². The quantitative estimate of drug-likeness (QED) is 0.877. The van der Waals surface area contributed by atoms with Crippen LogP contribution in [0.15, 0.2) is 18.2 Å². The Morgan fingerprint density at radius 3 is 2.67 bits per heavy atom. The molecular formula is C10H13FN2O4S. The van der Waals surface area contributed by atoms with Gasteiger partial charge in [-0.05, 0) is 25.1 Å². The van der Waals surface area contributed by atoms with Gasteiger partial charge in [0.2, 0.25) is 10.0 Å². The summed E-state index contributed by atoms with van der Waals surface area (Å²) in [6.45, 7) is 1.84. The lowest BCUT2D eigenvalue weighted by molar-refractivity contribution is 0.168. The van der Waals surface area contributed by atoms with E-state index >= 15 is 0 Å². The Balaban J connectivity index is 2.90. The summed E-state index contributed by atoms with van der Waals surface area (Å²) in [5.74, 6) is -0.741. The van der Waals surface area contributed by atoms with Crippen molar-refractivity contribution in [1.29, 1.82) is 0 Å². The Bertz CT molecular complexity index is 545. The minimum absolute atomic E-state index is 0.196. The Kier molecular flexibility index (Phi) is 4.49. The number of rotatable bonds is 4. The molecule has 100 valence electrons. The maximum atomic E-state index is 13.3. The van der Waals surface area contributed by atoms with Gasteiger partial charge in [0.25, 0.3) is 0 Å². The smallest absolute Gasteiger partial charge is 0.411 e. The van der Waals surface area contributed by atoms with Crippen LogP contribution in [-0.2, 0) is 14.8 Å². The maximum absolute atomic E-state index is 13.3. The number of sulfonamides is 1. The van der Waals surface area contributed by atoms with Crippen molar-refractivity contribution in [2.24, 2.45) is 0 Å². The summed E-state index contributed by atoms with van der Waals surface area (Å²) in [7, 11) is -3.59. The number of nitrogens with one attached hydrogen (secondary N) is 2. The van der Waals surface area contributed by atoms with E-state index in [2.05, 4.69) is 10.1 Å². The van der Waals surface area contributed by atoms with Gasteiger partial charge in [-0.25, -0.2) is 17.6 Å². The summed E-state index contributed by atoms with van der Waals surface area (Å²) in [4.78, 5) is 11.1. The molecular weight excluding hydrogens is 263 g/mol. The molecule has 1 aromatic carbocycles. The minimum Gasteiger partial charge on any atom is -0.450 e. The number of carbonyl (C=O) groups is 1. The molecule has 0 atom stereocenters. The van der Waals surface area contributed by atoms with E-state index in [-0.39, 0.29) is 18.0 Å². The first-order valence-corrected chi connectivity index (χ1v) is 6.92. The molecule has 0 fully saturated rings. The number of halogens is 1. The second-order valence-corrected chi connectivity index (χ2v) is 5.16. The highest BCUT2D eigenvalue weighted by Crippen LogP contribution is 2.20. The highest BCUT2D eigenvalue weighted by Gasteiger charge is 2.10. The van der Waals surface area contributed by atoms with Crippen molar-refractivity contribution in [2.75, 3.05) is 22.9 Å². The molecule has 0 saturated carbocycles. The molecule has 0 aliphatic rings. The van der Waals surface area contributed by atoms with Gasteiger partial charge in [-0.3, -0.25) is 10.0 Å². The molecule has 8 heteroatoms.